The molecule has 0 aliphatic heterocycles. The van der Waals surface area contributed by atoms with Crippen LogP contribution in [0, 0.1) is 0 Å². The van der Waals surface area contributed by atoms with E-state index in [1.807, 2.05) is 36.5 Å². The van der Waals surface area contributed by atoms with Crippen molar-refractivity contribution in [2.24, 2.45) is 11.5 Å². The summed E-state index contributed by atoms with van der Waals surface area (Å²) in [5.41, 5.74) is 12.5. The first kappa shape index (κ1) is 10.3. The van der Waals surface area contributed by atoms with Crippen LogP contribution in [0.2, 0.25) is 0 Å². The van der Waals surface area contributed by atoms with Gasteiger partial charge in [-0.3, -0.25) is 0 Å². The van der Waals surface area contributed by atoms with Crippen molar-refractivity contribution in [3.8, 4) is 10.6 Å². The summed E-state index contributed by atoms with van der Waals surface area (Å²) in [5.74, 6) is 0. The van der Waals surface area contributed by atoms with Crippen LogP contribution in [0.4, 0.5) is 0 Å². The van der Waals surface area contributed by atoms with E-state index in [4.69, 9.17) is 11.5 Å². The van der Waals surface area contributed by atoms with Crippen molar-refractivity contribution in [2.75, 3.05) is 6.54 Å². The molecule has 78 valence electrons. The average molecular weight is 219 g/mol. The number of benzene rings is 1. The van der Waals surface area contributed by atoms with Gasteiger partial charge in [0, 0.05) is 23.2 Å². The van der Waals surface area contributed by atoms with Gasteiger partial charge in [0.25, 0.3) is 0 Å². The minimum atomic E-state index is -0.0973. The van der Waals surface area contributed by atoms with Crippen molar-refractivity contribution < 1.29 is 0 Å². The third-order valence-corrected chi connectivity index (χ3v) is 3.34. The molecule has 0 aliphatic carbocycles. The lowest BCUT2D eigenvalue weighted by Crippen LogP contribution is -2.19. The minimum Gasteiger partial charge on any atom is -0.329 e. The van der Waals surface area contributed by atoms with Crippen LogP contribution < -0.4 is 11.5 Å². The Kier molecular flexibility index (Phi) is 3.11. The fourth-order valence-corrected chi connectivity index (χ4v) is 2.22. The standard InChI is InChI=1S/C11H13N3S/c12-6-9(13)10-7-14-11(15-10)8-4-2-1-3-5-8/h1-5,7,9H,6,12-13H2. The van der Waals surface area contributed by atoms with Gasteiger partial charge in [-0.05, 0) is 0 Å². The average Bonchev–Trinajstić information content (AvgIpc) is 2.78. The van der Waals surface area contributed by atoms with Crippen LogP contribution >= 0.6 is 11.3 Å². The molecule has 2 aromatic rings. The highest BCUT2D eigenvalue weighted by Crippen LogP contribution is 2.27. The van der Waals surface area contributed by atoms with Gasteiger partial charge in [-0.15, -0.1) is 11.3 Å². The van der Waals surface area contributed by atoms with E-state index in [0.717, 1.165) is 15.4 Å². The molecule has 3 nitrogen and oxygen atoms in total. The van der Waals surface area contributed by atoms with Crippen LogP contribution in [-0.2, 0) is 0 Å². The minimum absolute atomic E-state index is 0.0973. The Morgan fingerprint density at radius 1 is 1.27 bits per heavy atom. The molecular formula is C11H13N3S. The topological polar surface area (TPSA) is 64.9 Å². The van der Waals surface area contributed by atoms with Gasteiger partial charge in [0.05, 0.1) is 6.04 Å². The molecule has 1 aromatic heterocycles. The normalized spacial score (nSPS) is 12.7. The molecule has 0 spiro atoms. The molecule has 0 amide bonds. The van der Waals surface area contributed by atoms with E-state index in [1.165, 1.54) is 0 Å². The van der Waals surface area contributed by atoms with Crippen LogP contribution in [0.3, 0.4) is 0 Å². The maximum Gasteiger partial charge on any atom is 0.123 e. The third-order valence-electron chi connectivity index (χ3n) is 2.16. The molecular weight excluding hydrogens is 206 g/mol. The number of hydrogen-bond donors (Lipinski definition) is 2. The van der Waals surface area contributed by atoms with E-state index in [2.05, 4.69) is 4.98 Å². The maximum atomic E-state index is 5.83. The van der Waals surface area contributed by atoms with Gasteiger partial charge in [-0.25, -0.2) is 4.98 Å². The quantitative estimate of drug-likeness (QED) is 0.826. The Morgan fingerprint density at radius 2 is 2.00 bits per heavy atom. The van der Waals surface area contributed by atoms with Crippen LogP contribution in [0.5, 0.6) is 0 Å². The number of nitrogens with zero attached hydrogens (tertiary/aromatic N) is 1. The molecule has 1 heterocycles. The van der Waals surface area contributed by atoms with Gasteiger partial charge in [0.2, 0.25) is 0 Å². The van der Waals surface area contributed by atoms with Crippen molar-refractivity contribution in [1.29, 1.82) is 0 Å². The summed E-state index contributed by atoms with van der Waals surface area (Å²) >= 11 is 1.60. The predicted molar refractivity (Wildman–Crippen MR) is 63.5 cm³/mol. The molecule has 0 saturated carbocycles. The summed E-state index contributed by atoms with van der Waals surface area (Å²) in [5, 5.41) is 0.995. The van der Waals surface area contributed by atoms with Gasteiger partial charge in [-0.2, -0.15) is 0 Å². The number of hydrogen-bond acceptors (Lipinski definition) is 4. The van der Waals surface area contributed by atoms with Crippen molar-refractivity contribution in [1.82, 2.24) is 4.98 Å². The molecule has 0 bridgehead atoms. The van der Waals surface area contributed by atoms with Crippen molar-refractivity contribution in [2.45, 2.75) is 6.04 Å². The highest BCUT2D eigenvalue weighted by Gasteiger charge is 2.09. The first-order valence-corrected chi connectivity index (χ1v) is 5.59. The summed E-state index contributed by atoms with van der Waals surface area (Å²) in [6, 6.07) is 9.97. The van der Waals surface area contributed by atoms with E-state index < -0.39 is 0 Å². The lowest BCUT2D eigenvalue weighted by molar-refractivity contribution is 0.750. The summed E-state index contributed by atoms with van der Waals surface area (Å²) in [7, 11) is 0. The van der Waals surface area contributed by atoms with Crippen molar-refractivity contribution >= 4 is 11.3 Å². The maximum absolute atomic E-state index is 5.83. The summed E-state index contributed by atoms with van der Waals surface area (Å²) < 4.78 is 0. The summed E-state index contributed by atoms with van der Waals surface area (Å²) in [4.78, 5) is 5.38. The highest BCUT2D eigenvalue weighted by molar-refractivity contribution is 7.15. The number of nitrogens with two attached hydrogens (primary N) is 2. The van der Waals surface area contributed by atoms with E-state index in [0.29, 0.717) is 6.54 Å². The van der Waals surface area contributed by atoms with Crippen LogP contribution in [0.25, 0.3) is 10.6 Å². The zero-order chi connectivity index (χ0) is 10.7. The molecule has 0 radical (unpaired) electrons. The number of aromatic nitrogens is 1. The van der Waals surface area contributed by atoms with Crippen molar-refractivity contribution in [3.63, 3.8) is 0 Å². The van der Waals surface area contributed by atoms with E-state index in [9.17, 15) is 0 Å². The Hall–Kier alpha value is -1.23. The Labute approximate surface area is 92.8 Å². The first-order chi connectivity index (χ1) is 7.31. The van der Waals surface area contributed by atoms with Gasteiger partial charge >= 0.3 is 0 Å². The smallest absolute Gasteiger partial charge is 0.123 e. The molecule has 0 saturated heterocycles. The molecule has 1 atom stereocenters. The number of rotatable bonds is 3. The first-order valence-electron chi connectivity index (χ1n) is 4.78. The van der Waals surface area contributed by atoms with Gasteiger partial charge < -0.3 is 11.5 Å². The van der Waals surface area contributed by atoms with Crippen LogP contribution in [-0.4, -0.2) is 11.5 Å². The second-order valence-electron chi connectivity index (χ2n) is 3.28. The van der Waals surface area contributed by atoms with Gasteiger partial charge in [-0.1, -0.05) is 30.3 Å². The molecule has 2 rings (SSSR count). The number of thiazole rings is 1. The lowest BCUT2D eigenvalue weighted by Gasteiger charge is -2.02. The van der Waals surface area contributed by atoms with E-state index in [-0.39, 0.29) is 6.04 Å². The zero-order valence-electron chi connectivity index (χ0n) is 8.26. The van der Waals surface area contributed by atoms with E-state index >= 15 is 0 Å². The second kappa shape index (κ2) is 4.53. The fourth-order valence-electron chi connectivity index (χ4n) is 1.29. The van der Waals surface area contributed by atoms with Crippen LogP contribution in [0.15, 0.2) is 36.5 Å². The third kappa shape index (κ3) is 2.23. The molecule has 15 heavy (non-hydrogen) atoms. The molecule has 4 heteroatoms. The highest BCUT2D eigenvalue weighted by atomic mass is 32.1. The Bertz CT molecular complexity index is 424. The zero-order valence-corrected chi connectivity index (χ0v) is 9.08. The molecule has 1 unspecified atom stereocenters. The molecule has 0 aliphatic rings. The van der Waals surface area contributed by atoms with Crippen molar-refractivity contribution in [3.05, 3.63) is 41.4 Å². The lowest BCUT2D eigenvalue weighted by atomic mass is 10.2. The largest absolute Gasteiger partial charge is 0.329 e. The van der Waals surface area contributed by atoms with Crippen LogP contribution in [0.1, 0.15) is 10.9 Å². The molecule has 4 N–H and O–H groups in total. The Balaban J connectivity index is 2.28. The summed E-state index contributed by atoms with van der Waals surface area (Å²) in [6.45, 7) is 0.455. The Morgan fingerprint density at radius 3 is 2.67 bits per heavy atom. The summed E-state index contributed by atoms with van der Waals surface area (Å²) in [6.07, 6.45) is 1.81. The monoisotopic (exact) mass is 219 g/mol. The predicted octanol–water partition coefficient (Wildman–Crippen LogP) is 1.77. The second-order valence-corrected chi connectivity index (χ2v) is 4.34. The fraction of sp³-hybridized carbons (Fsp3) is 0.182. The molecule has 0 fully saturated rings. The molecule has 1 aromatic carbocycles. The van der Waals surface area contributed by atoms with Gasteiger partial charge in [0.1, 0.15) is 5.01 Å². The van der Waals surface area contributed by atoms with Gasteiger partial charge in [0.15, 0.2) is 0 Å². The van der Waals surface area contributed by atoms with E-state index in [1.54, 1.807) is 11.3 Å². The SMILES string of the molecule is NCC(N)c1cnc(-c2ccccc2)s1.